The summed E-state index contributed by atoms with van der Waals surface area (Å²) in [7, 11) is 0. The van der Waals surface area contributed by atoms with Gasteiger partial charge < -0.3 is 14.3 Å². The van der Waals surface area contributed by atoms with Gasteiger partial charge in [0.15, 0.2) is 0 Å². The lowest BCUT2D eigenvalue weighted by Gasteiger charge is -2.21. The fourth-order valence-electron chi connectivity index (χ4n) is 3.46. The Kier molecular flexibility index (Phi) is 5.39. The maximum Gasteiger partial charge on any atom is 0.320 e. The molecule has 0 aliphatic carbocycles. The molecule has 2 aromatic carbocycles. The second kappa shape index (κ2) is 8.27. The van der Waals surface area contributed by atoms with Crippen molar-refractivity contribution in [3.05, 3.63) is 72.1 Å². The van der Waals surface area contributed by atoms with E-state index in [1.165, 1.54) is 0 Å². The van der Waals surface area contributed by atoms with Crippen molar-refractivity contribution in [3.63, 3.8) is 0 Å². The van der Waals surface area contributed by atoms with Gasteiger partial charge >= 0.3 is 5.97 Å². The van der Waals surface area contributed by atoms with Crippen molar-refractivity contribution in [2.75, 3.05) is 6.54 Å². The SMILES string of the molecule is O=C(O)C1CCCN1Cc1ccc(OCc2coc(-c3ccccc3)n2)cc1. The van der Waals surface area contributed by atoms with E-state index in [4.69, 9.17) is 9.15 Å². The summed E-state index contributed by atoms with van der Waals surface area (Å²) in [6.07, 6.45) is 3.26. The zero-order chi connectivity index (χ0) is 19.3. The smallest absolute Gasteiger partial charge is 0.320 e. The second-order valence-corrected chi connectivity index (χ2v) is 6.91. The monoisotopic (exact) mass is 378 g/mol. The molecule has 28 heavy (non-hydrogen) atoms. The van der Waals surface area contributed by atoms with Crippen LogP contribution in [0.2, 0.25) is 0 Å². The van der Waals surface area contributed by atoms with Crippen molar-refractivity contribution in [2.24, 2.45) is 0 Å². The molecule has 1 saturated heterocycles. The Morgan fingerprint density at radius 1 is 1.18 bits per heavy atom. The predicted octanol–water partition coefficient (Wildman–Crippen LogP) is 3.97. The van der Waals surface area contributed by atoms with E-state index >= 15 is 0 Å². The third-order valence-electron chi connectivity index (χ3n) is 4.92. The minimum Gasteiger partial charge on any atom is -0.487 e. The van der Waals surface area contributed by atoms with E-state index in [1.54, 1.807) is 6.26 Å². The summed E-state index contributed by atoms with van der Waals surface area (Å²) in [5.41, 5.74) is 2.73. The molecule has 6 nitrogen and oxygen atoms in total. The van der Waals surface area contributed by atoms with E-state index in [1.807, 2.05) is 59.5 Å². The number of nitrogens with zero attached hydrogens (tertiary/aromatic N) is 2. The van der Waals surface area contributed by atoms with Gasteiger partial charge in [0.1, 0.15) is 30.4 Å². The molecule has 3 aromatic rings. The maximum absolute atomic E-state index is 11.3. The molecule has 144 valence electrons. The number of hydrogen-bond donors (Lipinski definition) is 1. The van der Waals surface area contributed by atoms with Crippen LogP contribution in [-0.2, 0) is 17.9 Å². The van der Waals surface area contributed by atoms with E-state index in [0.29, 0.717) is 19.0 Å². The molecule has 1 aliphatic rings. The molecule has 1 fully saturated rings. The van der Waals surface area contributed by atoms with Gasteiger partial charge in [-0.15, -0.1) is 0 Å². The number of aliphatic carboxylic acids is 1. The summed E-state index contributed by atoms with van der Waals surface area (Å²) in [6.45, 7) is 1.79. The zero-order valence-corrected chi connectivity index (χ0v) is 15.5. The molecule has 1 atom stereocenters. The first-order chi connectivity index (χ1) is 13.7. The van der Waals surface area contributed by atoms with Crippen molar-refractivity contribution in [3.8, 4) is 17.2 Å². The summed E-state index contributed by atoms with van der Waals surface area (Å²) < 4.78 is 11.3. The summed E-state index contributed by atoms with van der Waals surface area (Å²) in [5, 5.41) is 9.28. The van der Waals surface area contributed by atoms with Crippen LogP contribution in [-0.4, -0.2) is 33.5 Å². The quantitative estimate of drug-likeness (QED) is 0.670. The molecule has 1 aliphatic heterocycles. The Hall–Kier alpha value is -3.12. The van der Waals surface area contributed by atoms with Crippen LogP contribution in [0.15, 0.2) is 65.3 Å². The Morgan fingerprint density at radius 2 is 1.96 bits per heavy atom. The lowest BCUT2D eigenvalue weighted by atomic mass is 10.2. The largest absolute Gasteiger partial charge is 0.487 e. The molecular formula is C22H22N2O4. The van der Waals surface area contributed by atoms with Gasteiger partial charge in [-0.2, -0.15) is 0 Å². The molecule has 0 spiro atoms. The van der Waals surface area contributed by atoms with Crippen LogP contribution in [0, 0.1) is 0 Å². The molecular weight excluding hydrogens is 356 g/mol. The van der Waals surface area contributed by atoms with Crippen LogP contribution < -0.4 is 4.74 Å². The summed E-state index contributed by atoms with van der Waals surface area (Å²) in [6, 6.07) is 17.1. The molecule has 0 bridgehead atoms. The molecule has 1 aromatic heterocycles. The van der Waals surface area contributed by atoms with Gasteiger partial charge in [0.25, 0.3) is 0 Å². The maximum atomic E-state index is 11.3. The first-order valence-electron chi connectivity index (χ1n) is 9.37. The number of carboxylic acids is 1. The fourth-order valence-corrected chi connectivity index (χ4v) is 3.46. The van der Waals surface area contributed by atoms with Gasteiger partial charge in [0.2, 0.25) is 5.89 Å². The number of oxazole rings is 1. The predicted molar refractivity (Wildman–Crippen MR) is 104 cm³/mol. The van der Waals surface area contributed by atoms with E-state index < -0.39 is 5.97 Å². The average molecular weight is 378 g/mol. The van der Waals surface area contributed by atoms with Crippen LogP contribution in [0.1, 0.15) is 24.1 Å². The van der Waals surface area contributed by atoms with Crippen molar-refractivity contribution in [2.45, 2.75) is 32.0 Å². The molecule has 0 saturated carbocycles. The number of aromatic nitrogens is 1. The number of ether oxygens (including phenoxy) is 1. The van der Waals surface area contributed by atoms with E-state index in [0.717, 1.165) is 42.0 Å². The second-order valence-electron chi connectivity index (χ2n) is 6.91. The number of carbonyl (C=O) groups is 1. The lowest BCUT2D eigenvalue weighted by molar-refractivity contribution is -0.142. The first kappa shape index (κ1) is 18.3. The number of benzene rings is 2. The third-order valence-corrected chi connectivity index (χ3v) is 4.92. The van der Waals surface area contributed by atoms with Crippen LogP contribution in [0.3, 0.4) is 0 Å². The number of rotatable bonds is 7. The molecule has 0 radical (unpaired) electrons. The molecule has 1 N–H and O–H groups in total. The Bertz CT molecular complexity index is 921. The Labute approximate surface area is 163 Å². The highest BCUT2D eigenvalue weighted by Gasteiger charge is 2.30. The van der Waals surface area contributed by atoms with Crippen molar-refractivity contribution < 1.29 is 19.1 Å². The zero-order valence-electron chi connectivity index (χ0n) is 15.5. The third kappa shape index (κ3) is 4.23. The van der Waals surface area contributed by atoms with Crippen LogP contribution >= 0.6 is 0 Å². The first-order valence-corrected chi connectivity index (χ1v) is 9.37. The van der Waals surface area contributed by atoms with Gasteiger partial charge in [-0.3, -0.25) is 9.69 Å². The Balaban J connectivity index is 1.33. The fraction of sp³-hybridized carbons (Fsp3) is 0.273. The highest BCUT2D eigenvalue weighted by Crippen LogP contribution is 2.22. The van der Waals surface area contributed by atoms with Gasteiger partial charge in [-0.1, -0.05) is 30.3 Å². The summed E-state index contributed by atoms with van der Waals surface area (Å²) >= 11 is 0. The standard InChI is InChI=1S/C22H22N2O4/c25-22(26)20-7-4-12-24(20)13-16-8-10-19(11-9-16)27-14-18-15-28-21(23-18)17-5-2-1-3-6-17/h1-3,5-6,8-11,15,20H,4,7,12-14H2,(H,25,26). The van der Waals surface area contributed by atoms with Gasteiger partial charge in [0.05, 0.1) is 0 Å². The highest BCUT2D eigenvalue weighted by molar-refractivity contribution is 5.73. The van der Waals surface area contributed by atoms with E-state index in [9.17, 15) is 9.90 Å². The number of carboxylic acid groups (broad SMARTS) is 1. The minimum absolute atomic E-state index is 0.322. The molecule has 0 amide bonds. The number of likely N-dealkylation sites (tertiary alicyclic amines) is 1. The molecule has 6 heteroatoms. The number of hydrogen-bond acceptors (Lipinski definition) is 5. The average Bonchev–Trinajstić information content (AvgIpc) is 3.38. The topological polar surface area (TPSA) is 75.8 Å². The van der Waals surface area contributed by atoms with Crippen molar-refractivity contribution in [1.82, 2.24) is 9.88 Å². The lowest BCUT2D eigenvalue weighted by Crippen LogP contribution is -2.35. The molecule has 4 rings (SSSR count). The van der Waals surface area contributed by atoms with Gasteiger partial charge in [-0.05, 0) is 49.2 Å². The van der Waals surface area contributed by atoms with Crippen LogP contribution in [0.4, 0.5) is 0 Å². The minimum atomic E-state index is -0.736. The van der Waals surface area contributed by atoms with Gasteiger partial charge in [-0.25, -0.2) is 4.98 Å². The van der Waals surface area contributed by atoms with E-state index in [-0.39, 0.29) is 6.04 Å². The molecule has 2 heterocycles. The van der Waals surface area contributed by atoms with Crippen molar-refractivity contribution in [1.29, 1.82) is 0 Å². The van der Waals surface area contributed by atoms with Crippen LogP contribution in [0.5, 0.6) is 5.75 Å². The normalized spacial score (nSPS) is 16.9. The van der Waals surface area contributed by atoms with E-state index in [2.05, 4.69) is 4.98 Å². The highest BCUT2D eigenvalue weighted by atomic mass is 16.5. The summed E-state index contributed by atoms with van der Waals surface area (Å²) in [5.74, 6) is 0.581. The molecule has 1 unspecified atom stereocenters. The van der Waals surface area contributed by atoms with Crippen LogP contribution in [0.25, 0.3) is 11.5 Å². The van der Waals surface area contributed by atoms with Crippen molar-refractivity contribution >= 4 is 5.97 Å². The Morgan fingerprint density at radius 3 is 2.71 bits per heavy atom. The van der Waals surface area contributed by atoms with Gasteiger partial charge in [0, 0.05) is 12.1 Å². The summed E-state index contributed by atoms with van der Waals surface area (Å²) in [4.78, 5) is 17.8.